The Morgan fingerprint density at radius 2 is 2.04 bits per heavy atom. The minimum absolute atomic E-state index is 0.177. The molecule has 8 heteroatoms. The van der Waals surface area contributed by atoms with Crippen LogP contribution in [0, 0.1) is 26.9 Å². The van der Waals surface area contributed by atoms with Crippen LogP contribution in [0.4, 0.5) is 11.4 Å². The van der Waals surface area contributed by atoms with Crippen LogP contribution in [0.2, 0.25) is 0 Å². The molecule has 0 saturated heterocycles. The fourth-order valence-electron chi connectivity index (χ4n) is 4.04. The number of hydrogen-bond donors (Lipinski definition) is 1. The van der Waals surface area contributed by atoms with Crippen LogP contribution in [0.1, 0.15) is 26.7 Å². The minimum Gasteiger partial charge on any atom is -0.324 e. The topological polar surface area (TPSA) is 106 Å². The lowest BCUT2D eigenvalue weighted by Gasteiger charge is -2.33. The van der Waals surface area contributed by atoms with Gasteiger partial charge >= 0.3 is 0 Å². The first-order chi connectivity index (χ1) is 11.1. The monoisotopic (exact) mass is 394 g/mol. The van der Waals surface area contributed by atoms with Crippen molar-refractivity contribution < 1.29 is 19.3 Å². The summed E-state index contributed by atoms with van der Waals surface area (Å²) in [6, 6.07) is 3.98. The van der Waals surface area contributed by atoms with Gasteiger partial charge in [0.05, 0.1) is 10.6 Å². The van der Waals surface area contributed by atoms with Crippen LogP contribution in [-0.4, -0.2) is 22.4 Å². The number of ketones is 2. The molecule has 2 aliphatic carbocycles. The summed E-state index contributed by atoms with van der Waals surface area (Å²) in [5.41, 5.74) is -2.14. The van der Waals surface area contributed by atoms with Crippen LogP contribution >= 0.6 is 15.9 Å². The Morgan fingerprint density at radius 1 is 1.38 bits per heavy atom. The molecule has 1 amide bonds. The fourth-order valence-corrected chi connectivity index (χ4v) is 4.38. The quantitative estimate of drug-likeness (QED) is 0.367. The number of carbonyl (C=O) groups is 3. The number of non-ortho nitro benzene ring substituents is 1. The number of nitro groups is 1. The molecule has 0 heterocycles. The molecule has 1 aromatic rings. The standard InChI is InChI=1S/C16H15BrN2O5/c1-15(2)9-5-6-16(15,13(21)12(9)20)14(22)18-11-7-8(19(23)24)3-4-10(11)17/h3-4,7,9H,5-6H2,1-2H3,(H,18,22). The summed E-state index contributed by atoms with van der Waals surface area (Å²) in [7, 11) is 0. The Labute approximate surface area is 146 Å². The van der Waals surface area contributed by atoms with Gasteiger partial charge in [0.15, 0.2) is 0 Å². The number of amides is 1. The molecule has 0 spiro atoms. The predicted octanol–water partition coefficient (Wildman–Crippen LogP) is 2.87. The van der Waals surface area contributed by atoms with Gasteiger partial charge in [0, 0.05) is 22.5 Å². The van der Waals surface area contributed by atoms with E-state index in [9.17, 15) is 24.5 Å². The van der Waals surface area contributed by atoms with Crippen molar-refractivity contribution in [2.75, 3.05) is 5.32 Å². The third kappa shape index (κ3) is 1.98. The number of carbonyl (C=O) groups excluding carboxylic acids is 3. The highest BCUT2D eigenvalue weighted by atomic mass is 79.9. The molecule has 7 nitrogen and oxygen atoms in total. The normalized spacial score (nSPS) is 27.4. The zero-order valence-corrected chi connectivity index (χ0v) is 14.7. The van der Waals surface area contributed by atoms with Crippen LogP contribution in [0.3, 0.4) is 0 Å². The van der Waals surface area contributed by atoms with E-state index < -0.39 is 39.1 Å². The molecule has 1 aromatic carbocycles. The molecule has 2 bridgehead atoms. The lowest BCUT2D eigenvalue weighted by Crippen LogP contribution is -2.47. The summed E-state index contributed by atoms with van der Waals surface area (Å²) < 4.78 is 0.460. The summed E-state index contributed by atoms with van der Waals surface area (Å²) in [6.07, 6.45) is 0.814. The Kier molecular flexibility index (Phi) is 3.63. The molecule has 2 saturated carbocycles. The maximum absolute atomic E-state index is 12.9. The Hall–Kier alpha value is -2.09. The Balaban J connectivity index is 1.99. The van der Waals surface area contributed by atoms with Crippen LogP contribution in [0.15, 0.2) is 22.7 Å². The molecule has 1 N–H and O–H groups in total. The van der Waals surface area contributed by atoms with E-state index in [4.69, 9.17) is 0 Å². The number of anilines is 1. The van der Waals surface area contributed by atoms with Crippen LogP contribution < -0.4 is 5.32 Å². The summed E-state index contributed by atoms with van der Waals surface area (Å²) in [6.45, 7) is 3.52. The second kappa shape index (κ2) is 5.20. The van der Waals surface area contributed by atoms with Crippen LogP contribution in [0.5, 0.6) is 0 Å². The summed E-state index contributed by atoms with van der Waals surface area (Å²) in [5, 5.41) is 13.5. The first-order valence-electron chi connectivity index (χ1n) is 7.47. The lowest BCUT2D eigenvalue weighted by atomic mass is 9.68. The molecule has 3 rings (SSSR count). The largest absolute Gasteiger partial charge is 0.324 e. The van der Waals surface area contributed by atoms with E-state index in [2.05, 4.69) is 21.2 Å². The van der Waals surface area contributed by atoms with Gasteiger partial charge in [-0.2, -0.15) is 0 Å². The van der Waals surface area contributed by atoms with E-state index >= 15 is 0 Å². The Bertz CT molecular complexity index is 804. The van der Waals surface area contributed by atoms with Gasteiger partial charge in [-0.3, -0.25) is 24.5 Å². The van der Waals surface area contributed by atoms with Gasteiger partial charge in [-0.05, 0) is 40.3 Å². The van der Waals surface area contributed by atoms with Gasteiger partial charge < -0.3 is 5.32 Å². The van der Waals surface area contributed by atoms with E-state index in [1.165, 1.54) is 18.2 Å². The fraction of sp³-hybridized carbons (Fsp3) is 0.438. The van der Waals surface area contributed by atoms with Crippen molar-refractivity contribution in [3.63, 3.8) is 0 Å². The zero-order valence-electron chi connectivity index (χ0n) is 13.1. The molecule has 2 unspecified atom stereocenters. The van der Waals surface area contributed by atoms with Crippen molar-refractivity contribution in [3.05, 3.63) is 32.8 Å². The van der Waals surface area contributed by atoms with E-state index in [1.807, 2.05) is 0 Å². The third-order valence-corrected chi connectivity index (χ3v) is 6.20. The number of nitrogens with zero attached hydrogens (tertiary/aromatic N) is 1. The van der Waals surface area contributed by atoms with Crippen molar-refractivity contribution in [2.45, 2.75) is 26.7 Å². The van der Waals surface area contributed by atoms with Gasteiger partial charge in [0.2, 0.25) is 17.5 Å². The number of benzene rings is 1. The number of rotatable bonds is 3. The number of halogens is 1. The average Bonchev–Trinajstić information content (AvgIpc) is 2.85. The molecule has 0 aliphatic heterocycles. The predicted molar refractivity (Wildman–Crippen MR) is 88.4 cm³/mol. The van der Waals surface area contributed by atoms with Gasteiger partial charge in [0.25, 0.3) is 5.69 Å². The molecule has 2 fully saturated rings. The summed E-state index contributed by atoms with van der Waals surface area (Å²) in [4.78, 5) is 47.9. The Morgan fingerprint density at radius 3 is 2.58 bits per heavy atom. The lowest BCUT2D eigenvalue weighted by molar-refractivity contribution is -0.384. The summed E-state index contributed by atoms with van der Waals surface area (Å²) >= 11 is 3.23. The SMILES string of the molecule is CC1(C)C2CCC1(C(=O)Nc1cc([N+](=O)[O-])ccc1Br)C(=O)C2=O. The molecular weight excluding hydrogens is 380 g/mol. The van der Waals surface area contributed by atoms with Crippen LogP contribution in [0.25, 0.3) is 0 Å². The highest BCUT2D eigenvalue weighted by molar-refractivity contribution is 9.10. The smallest absolute Gasteiger partial charge is 0.271 e. The number of hydrogen-bond acceptors (Lipinski definition) is 5. The second-order valence-corrected chi connectivity index (χ2v) is 7.64. The van der Waals surface area contributed by atoms with Crippen molar-refractivity contribution in [1.82, 2.24) is 0 Å². The molecule has 0 radical (unpaired) electrons. The average molecular weight is 395 g/mol. The van der Waals surface area contributed by atoms with E-state index in [0.717, 1.165) is 0 Å². The van der Waals surface area contributed by atoms with Gasteiger partial charge in [-0.15, -0.1) is 0 Å². The maximum atomic E-state index is 12.9. The van der Waals surface area contributed by atoms with E-state index in [0.29, 0.717) is 17.3 Å². The van der Waals surface area contributed by atoms with Crippen molar-refractivity contribution >= 4 is 44.8 Å². The molecule has 2 atom stereocenters. The van der Waals surface area contributed by atoms with Crippen molar-refractivity contribution in [2.24, 2.45) is 16.7 Å². The third-order valence-electron chi connectivity index (χ3n) is 5.50. The minimum atomic E-state index is -1.40. The summed E-state index contributed by atoms with van der Waals surface area (Å²) in [5.74, 6) is -2.15. The highest BCUT2D eigenvalue weighted by Crippen LogP contribution is 2.62. The van der Waals surface area contributed by atoms with Gasteiger partial charge in [0.1, 0.15) is 5.41 Å². The number of Topliss-reactive ketones (excluding diaryl/α,β-unsaturated/α-hetero) is 2. The molecule has 2 aliphatic rings. The van der Waals surface area contributed by atoms with E-state index in [-0.39, 0.29) is 11.4 Å². The molecule has 0 aromatic heterocycles. The van der Waals surface area contributed by atoms with Gasteiger partial charge in [-0.1, -0.05) is 13.8 Å². The first-order valence-corrected chi connectivity index (χ1v) is 8.26. The highest BCUT2D eigenvalue weighted by Gasteiger charge is 2.72. The van der Waals surface area contributed by atoms with Crippen molar-refractivity contribution in [3.8, 4) is 0 Å². The molecule has 24 heavy (non-hydrogen) atoms. The van der Waals surface area contributed by atoms with Gasteiger partial charge in [-0.25, -0.2) is 0 Å². The van der Waals surface area contributed by atoms with Crippen LogP contribution in [-0.2, 0) is 14.4 Å². The first kappa shape index (κ1) is 16.8. The number of nitrogens with one attached hydrogen (secondary N) is 1. The van der Waals surface area contributed by atoms with E-state index in [1.54, 1.807) is 13.8 Å². The second-order valence-electron chi connectivity index (χ2n) is 6.79. The molecule has 126 valence electrons. The number of nitro benzene ring substituents is 1. The zero-order chi connectivity index (χ0) is 17.9. The maximum Gasteiger partial charge on any atom is 0.271 e. The van der Waals surface area contributed by atoms with Crippen molar-refractivity contribution in [1.29, 1.82) is 0 Å². The molecular formula is C16H15BrN2O5. The number of fused-ring (bicyclic) bond motifs is 2.